The minimum absolute atomic E-state index is 0.108. The number of piperazine rings is 1. The van der Waals surface area contributed by atoms with Crippen molar-refractivity contribution in [2.75, 3.05) is 17.2 Å². The predicted octanol–water partition coefficient (Wildman–Crippen LogP) is 0.214. The fourth-order valence-electron chi connectivity index (χ4n) is 1.99. The number of hydrogen-bond acceptors (Lipinski definition) is 5. The van der Waals surface area contributed by atoms with Crippen molar-refractivity contribution in [3.63, 3.8) is 0 Å². The molecule has 18 heavy (non-hydrogen) atoms. The van der Waals surface area contributed by atoms with Gasteiger partial charge in [0.1, 0.15) is 11.4 Å². The zero-order valence-corrected chi connectivity index (χ0v) is 10.7. The number of imide groups is 1. The predicted molar refractivity (Wildman–Crippen MR) is 68.0 cm³/mol. The molecule has 1 aliphatic heterocycles. The van der Waals surface area contributed by atoms with E-state index in [0.29, 0.717) is 11.5 Å². The zero-order valence-electron chi connectivity index (χ0n) is 10.7. The quantitative estimate of drug-likeness (QED) is 0.694. The van der Waals surface area contributed by atoms with Crippen LogP contribution in [0.4, 0.5) is 11.5 Å². The number of pyridine rings is 1. The Morgan fingerprint density at radius 1 is 1.44 bits per heavy atom. The fraction of sp³-hybridized carbons (Fsp3) is 0.417. The van der Waals surface area contributed by atoms with Gasteiger partial charge in [0.15, 0.2) is 0 Å². The number of nitrogen functional groups attached to an aromatic ring is 1. The molecule has 1 aromatic heterocycles. The van der Waals surface area contributed by atoms with Crippen LogP contribution in [0.15, 0.2) is 12.3 Å². The van der Waals surface area contributed by atoms with Gasteiger partial charge in [-0.2, -0.15) is 0 Å². The van der Waals surface area contributed by atoms with E-state index in [1.165, 1.54) is 6.20 Å². The van der Waals surface area contributed by atoms with Gasteiger partial charge in [-0.1, -0.05) is 0 Å². The molecule has 0 aromatic carbocycles. The van der Waals surface area contributed by atoms with Gasteiger partial charge < -0.3 is 10.6 Å². The summed E-state index contributed by atoms with van der Waals surface area (Å²) in [7, 11) is 0. The van der Waals surface area contributed by atoms with Crippen LogP contribution >= 0.6 is 0 Å². The Labute approximate surface area is 105 Å². The summed E-state index contributed by atoms with van der Waals surface area (Å²) in [4.78, 5) is 29.3. The summed E-state index contributed by atoms with van der Waals surface area (Å²) < 4.78 is 0. The van der Waals surface area contributed by atoms with Gasteiger partial charge in [-0.3, -0.25) is 14.9 Å². The van der Waals surface area contributed by atoms with Crippen LogP contribution < -0.4 is 16.0 Å². The third-order valence-electron chi connectivity index (χ3n) is 3.11. The number of aryl methyl sites for hydroxylation is 1. The van der Waals surface area contributed by atoms with Gasteiger partial charge in [0, 0.05) is 0 Å². The molecule has 96 valence electrons. The summed E-state index contributed by atoms with van der Waals surface area (Å²) in [6.45, 7) is 5.47. The maximum absolute atomic E-state index is 11.9. The average molecular weight is 248 g/mol. The van der Waals surface area contributed by atoms with Crippen LogP contribution in [0.1, 0.15) is 19.4 Å². The van der Waals surface area contributed by atoms with E-state index in [0.717, 1.165) is 5.56 Å². The number of carbonyl (C=O) groups is 2. The Kier molecular flexibility index (Phi) is 2.73. The first-order chi connectivity index (χ1) is 8.32. The topological polar surface area (TPSA) is 88.3 Å². The minimum atomic E-state index is -0.818. The number of nitrogens with zero attached hydrogens (tertiary/aromatic N) is 2. The summed E-state index contributed by atoms with van der Waals surface area (Å²) in [5.74, 6) is -0.0356. The molecule has 2 heterocycles. The molecule has 0 bridgehead atoms. The van der Waals surface area contributed by atoms with Gasteiger partial charge in [0.25, 0.3) is 5.91 Å². The van der Waals surface area contributed by atoms with Crippen LogP contribution in [0.5, 0.6) is 0 Å². The molecule has 2 rings (SSSR count). The summed E-state index contributed by atoms with van der Waals surface area (Å²) >= 11 is 0. The number of carbonyl (C=O) groups excluding carboxylic acids is 2. The number of nitrogens with one attached hydrogen (secondary N) is 1. The third kappa shape index (κ3) is 1.90. The van der Waals surface area contributed by atoms with Crippen molar-refractivity contribution in [3.8, 4) is 0 Å². The second kappa shape index (κ2) is 3.97. The van der Waals surface area contributed by atoms with Crippen molar-refractivity contribution >= 4 is 23.3 Å². The Morgan fingerprint density at radius 2 is 2.11 bits per heavy atom. The Balaban J connectivity index is 2.47. The van der Waals surface area contributed by atoms with E-state index in [1.54, 1.807) is 24.8 Å². The summed E-state index contributed by atoms with van der Waals surface area (Å²) in [5.41, 5.74) is 6.23. The first kappa shape index (κ1) is 12.3. The summed E-state index contributed by atoms with van der Waals surface area (Å²) in [6, 6.07) is 1.77. The lowest BCUT2D eigenvalue weighted by atomic mass is 9.98. The number of rotatable bonds is 1. The summed E-state index contributed by atoms with van der Waals surface area (Å²) in [5, 5.41) is 2.33. The van der Waals surface area contributed by atoms with Crippen molar-refractivity contribution in [2.24, 2.45) is 0 Å². The first-order valence-electron chi connectivity index (χ1n) is 5.66. The molecule has 6 nitrogen and oxygen atoms in total. The molecule has 0 atom stereocenters. The largest absolute Gasteiger partial charge is 0.397 e. The number of amides is 2. The van der Waals surface area contributed by atoms with Gasteiger partial charge in [-0.15, -0.1) is 0 Å². The third-order valence-corrected chi connectivity index (χ3v) is 3.11. The minimum Gasteiger partial charge on any atom is -0.397 e. The van der Waals surface area contributed by atoms with Gasteiger partial charge in [-0.25, -0.2) is 4.98 Å². The van der Waals surface area contributed by atoms with Gasteiger partial charge in [0.05, 0.1) is 18.4 Å². The molecule has 0 radical (unpaired) electrons. The molecule has 1 aliphatic rings. The van der Waals surface area contributed by atoms with E-state index in [9.17, 15) is 9.59 Å². The highest BCUT2D eigenvalue weighted by molar-refractivity contribution is 6.06. The van der Waals surface area contributed by atoms with Crippen LogP contribution in [-0.4, -0.2) is 28.9 Å². The van der Waals surface area contributed by atoms with E-state index in [2.05, 4.69) is 10.3 Å². The lowest BCUT2D eigenvalue weighted by molar-refractivity contribution is -0.135. The number of aromatic nitrogens is 1. The van der Waals surface area contributed by atoms with E-state index >= 15 is 0 Å². The molecule has 1 fully saturated rings. The number of hydrogen-bond donors (Lipinski definition) is 2. The smallest absolute Gasteiger partial charge is 0.251 e. The Bertz CT molecular complexity index is 525. The van der Waals surface area contributed by atoms with Crippen LogP contribution in [0.2, 0.25) is 0 Å². The van der Waals surface area contributed by atoms with Crippen LogP contribution in [0.25, 0.3) is 0 Å². The van der Waals surface area contributed by atoms with Gasteiger partial charge in [-0.05, 0) is 32.4 Å². The molecule has 3 N–H and O–H groups in total. The summed E-state index contributed by atoms with van der Waals surface area (Å²) in [6.07, 6.45) is 1.52. The molecule has 0 saturated carbocycles. The van der Waals surface area contributed by atoms with Crippen LogP contribution in [-0.2, 0) is 9.59 Å². The molecule has 1 aromatic rings. The van der Waals surface area contributed by atoms with Crippen molar-refractivity contribution in [1.82, 2.24) is 10.3 Å². The monoisotopic (exact) mass is 248 g/mol. The molecule has 0 spiro atoms. The van der Waals surface area contributed by atoms with Crippen LogP contribution in [0.3, 0.4) is 0 Å². The number of anilines is 2. The van der Waals surface area contributed by atoms with E-state index in [1.807, 2.05) is 6.92 Å². The SMILES string of the molecule is Cc1cc(N)cnc1N1CC(=O)NC(=O)C1(C)C. The lowest BCUT2D eigenvalue weighted by Gasteiger charge is -2.41. The Morgan fingerprint density at radius 3 is 2.72 bits per heavy atom. The molecular weight excluding hydrogens is 232 g/mol. The van der Waals surface area contributed by atoms with Crippen molar-refractivity contribution < 1.29 is 9.59 Å². The molecule has 0 unspecified atom stereocenters. The first-order valence-corrected chi connectivity index (χ1v) is 5.66. The molecule has 6 heteroatoms. The van der Waals surface area contributed by atoms with Gasteiger partial charge >= 0.3 is 0 Å². The number of nitrogens with two attached hydrogens (primary N) is 1. The van der Waals surface area contributed by atoms with E-state index in [4.69, 9.17) is 5.73 Å². The average Bonchev–Trinajstić information content (AvgIpc) is 2.24. The maximum atomic E-state index is 11.9. The highest BCUT2D eigenvalue weighted by Crippen LogP contribution is 2.28. The van der Waals surface area contributed by atoms with E-state index < -0.39 is 5.54 Å². The van der Waals surface area contributed by atoms with Crippen molar-refractivity contribution in [2.45, 2.75) is 26.3 Å². The molecular formula is C12H16N4O2. The Hall–Kier alpha value is -2.11. The molecule has 2 amide bonds. The van der Waals surface area contributed by atoms with E-state index in [-0.39, 0.29) is 18.4 Å². The highest BCUT2D eigenvalue weighted by Gasteiger charge is 2.42. The second-order valence-electron chi connectivity index (χ2n) is 4.93. The molecule has 1 saturated heterocycles. The fourth-order valence-corrected chi connectivity index (χ4v) is 1.99. The zero-order chi connectivity index (χ0) is 13.5. The van der Waals surface area contributed by atoms with Crippen molar-refractivity contribution in [1.29, 1.82) is 0 Å². The van der Waals surface area contributed by atoms with Gasteiger partial charge in [0.2, 0.25) is 5.91 Å². The lowest BCUT2D eigenvalue weighted by Crippen LogP contribution is -2.64. The van der Waals surface area contributed by atoms with Crippen LogP contribution in [0, 0.1) is 6.92 Å². The van der Waals surface area contributed by atoms with Crippen molar-refractivity contribution in [3.05, 3.63) is 17.8 Å². The molecule has 0 aliphatic carbocycles. The second-order valence-corrected chi connectivity index (χ2v) is 4.93. The maximum Gasteiger partial charge on any atom is 0.251 e. The standard InChI is InChI=1S/C12H16N4O2/c1-7-4-8(13)5-14-10(7)16-6-9(17)15-11(18)12(16,2)3/h4-5H,6,13H2,1-3H3,(H,15,17,18). The highest BCUT2D eigenvalue weighted by atomic mass is 16.2. The normalized spacial score (nSPS) is 18.7.